The third-order valence-corrected chi connectivity index (χ3v) is 1.23. The quantitative estimate of drug-likeness (QED) is 0.615. The molecule has 52 valence electrons. The Kier molecular flexibility index (Phi) is 4.08. The average molecular weight is 126 g/mol. The molecule has 0 aliphatic heterocycles. The zero-order valence-electron chi connectivity index (χ0n) is 6.31. The topological polar surface area (TPSA) is 35.8 Å². The van der Waals surface area contributed by atoms with Crippen molar-refractivity contribution in [3.8, 4) is 6.07 Å². The van der Waals surface area contributed by atoms with Gasteiger partial charge in [-0.05, 0) is 12.5 Å². The van der Waals surface area contributed by atoms with Gasteiger partial charge >= 0.3 is 0 Å². The van der Waals surface area contributed by atoms with Crippen LogP contribution in [0.1, 0.15) is 20.8 Å². The Morgan fingerprint density at radius 1 is 1.56 bits per heavy atom. The molecule has 0 saturated heterocycles. The standard InChI is InChI=1S/C7H14N2/c1-4-9-7(5-8)6(2)3/h6-7,9H,4H2,1-3H3. The Hall–Kier alpha value is -0.550. The molecule has 1 N–H and O–H groups in total. The predicted octanol–water partition coefficient (Wildman–Crippen LogP) is 1.14. The molecule has 1 unspecified atom stereocenters. The van der Waals surface area contributed by atoms with Crippen LogP contribution in [0.3, 0.4) is 0 Å². The van der Waals surface area contributed by atoms with E-state index in [1.807, 2.05) is 20.8 Å². The first-order chi connectivity index (χ1) is 4.22. The molecule has 0 saturated carbocycles. The van der Waals surface area contributed by atoms with Gasteiger partial charge in [0.05, 0.1) is 12.1 Å². The lowest BCUT2D eigenvalue weighted by atomic mass is 10.1. The van der Waals surface area contributed by atoms with Gasteiger partial charge in [-0.3, -0.25) is 0 Å². The van der Waals surface area contributed by atoms with Crippen molar-refractivity contribution < 1.29 is 0 Å². The Labute approximate surface area is 56.9 Å². The summed E-state index contributed by atoms with van der Waals surface area (Å²) in [5.74, 6) is 0.412. The van der Waals surface area contributed by atoms with E-state index in [9.17, 15) is 0 Å². The lowest BCUT2D eigenvalue weighted by Crippen LogP contribution is -2.31. The van der Waals surface area contributed by atoms with Crippen LogP contribution in [-0.2, 0) is 0 Å². The molecule has 2 heteroatoms. The molecule has 9 heavy (non-hydrogen) atoms. The van der Waals surface area contributed by atoms with E-state index < -0.39 is 0 Å². The van der Waals surface area contributed by atoms with E-state index in [-0.39, 0.29) is 6.04 Å². The maximum atomic E-state index is 8.52. The first-order valence-corrected chi connectivity index (χ1v) is 3.35. The number of hydrogen-bond donors (Lipinski definition) is 1. The van der Waals surface area contributed by atoms with Crippen molar-refractivity contribution in [2.24, 2.45) is 5.92 Å². The second-order valence-corrected chi connectivity index (χ2v) is 2.41. The number of hydrogen-bond acceptors (Lipinski definition) is 2. The number of nitrogens with one attached hydrogen (secondary N) is 1. The van der Waals surface area contributed by atoms with Gasteiger partial charge in [-0.1, -0.05) is 20.8 Å². The third-order valence-electron chi connectivity index (χ3n) is 1.23. The van der Waals surface area contributed by atoms with Crippen molar-refractivity contribution in [1.82, 2.24) is 5.32 Å². The van der Waals surface area contributed by atoms with Crippen molar-refractivity contribution in [2.75, 3.05) is 6.54 Å². The van der Waals surface area contributed by atoms with E-state index in [2.05, 4.69) is 11.4 Å². The average Bonchev–Trinajstić information content (AvgIpc) is 1.82. The molecular weight excluding hydrogens is 112 g/mol. The highest BCUT2D eigenvalue weighted by Gasteiger charge is 2.08. The van der Waals surface area contributed by atoms with Crippen LogP contribution < -0.4 is 5.32 Å². The van der Waals surface area contributed by atoms with E-state index in [0.717, 1.165) is 6.54 Å². The van der Waals surface area contributed by atoms with E-state index >= 15 is 0 Å². The first-order valence-electron chi connectivity index (χ1n) is 3.35. The van der Waals surface area contributed by atoms with Gasteiger partial charge in [0, 0.05) is 0 Å². The number of nitriles is 1. The van der Waals surface area contributed by atoms with Crippen LogP contribution in [0.15, 0.2) is 0 Å². The lowest BCUT2D eigenvalue weighted by Gasteiger charge is -2.12. The molecule has 2 nitrogen and oxygen atoms in total. The van der Waals surface area contributed by atoms with Crippen LogP contribution in [0.5, 0.6) is 0 Å². The smallest absolute Gasteiger partial charge is 0.0976 e. The maximum Gasteiger partial charge on any atom is 0.0976 e. The lowest BCUT2D eigenvalue weighted by molar-refractivity contribution is 0.484. The summed E-state index contributed by atoms with van der Waals surface area (Å²) in [7, 11) is 0. The van der Waals surface area contributed by atoms with Gasteiger partial charge in [-0.25, -0.2) is 0 Å². The van der Waals surface area contributed by atoms with Crippen LogP contribution in [-0.4, -0.2) is 12.6 Å². The van der Waals surface area contributed by atoms with Gasteiger partial charge in [0.2, 0.25) is 0 Å². The minimum atomic E-state index is 0.0231. The van der Waals surface area contributed by atoms with Gasteiger partial charge in [0.25, 0.3) is 0 Å². The summed E-state index contributed by atoms with van der Waals surface area (Å²) in [5.41, 5.74) is 0. The Morgan fingerprint density at radius 3 is 2.22 bits per heavy atom. The van der Waals surface area contributed by atoms with Crippen LogP contribution in [0, 0.1) is 17.2 Å². The van der Waals surface area contributed by atoms with Gasteiger partial charge in [-0.2, -0.15) is 5.26 Å². The van der Waals surface area contributed by atoms with Gasteiger partial charge in [0.1, 0.15) is 0 Å². The Bertz CT molecular complexity index is 102. The Balaban J connectivity index is 3.58. The highest BCUT2D eigenvalue weighted by molar-refractivity contribution is 4.91. The summed E-state index contributed by atoms with van der Waals surface area (Å²) in [5, 5.41) is 11.6. The largest absolute Gasteiger partial charge is 0.302 e. The fourth-order valence-corrected chi connectivity index (χ4v) is 0.650. The molecule has 0 fully saturated rings. The first kappa shape index (κ1) is 8.45. The zero-order valence-corrected chi connectivity index (χ0v) is 6.31. The normalized spacial score (nSPS) is 13.2. The van der Waals surface area contributed by atoms with E-state index in [0.29, 0.717) is 5.92 Å². The van der Waals surface area contributed by atoms with E-state index in [4.69, 9.17) is 5.26 Å². The zero-order chi connectivity index (χ0) is 7.28. The molecule has 0 aliphatic carbocycles. The van der Waals surface area contributed by atoms with Crippen molar-refractivity contribution >= 4 is 0 Å². The molecule has 0 aliphatic rings. The summed E-state index contributed by atoms with van der Waals surface area (Å²) in [4.78, 5) is 0. The summed E-state index contributed by atoms with van der Waals surface area (Å²) < 4.78 is 0. The highest BCUT2D eigenvalue weighted by atomic mass is 14.9. The summed E-state index contributed by atoms with van der Waals surface area (Å²) in [6.45, 7) is 6.95. The van der Waals surface area contributed by atoms with E-state index in [1.165, 1.54) is 0 Å². The molecule has 0 amide bonds. The highest BCUT2D eigenvalue weighted by Crippen LogP contribution is 1.98. The second kappa shape index (κ2) is 4.34. The Morgan fingerprint density at radius 2 is 2.11 bits per heavy atom. The molecule has 0 spiro atoms. The van der Waals surface area contributed by atoms with Crippen molar-refractivity contribution in [2.45, 2.75) is 26.8 Å². The van der Waals surface area contributed by atoms with Gasteiger partial charge < -0.3 is 5.32 Å². The fraction of sp³-hybridized carbons (Fsp3) is 0.857. The van der Waals surface area contributed by atoms with Crippen LogP contribution in [0.25, 0.3) is 0 Å². The molecule has 0 rings (SSSR count). The predicted molar refractivity (Wildman–Crippen MR) is 37.9 cm³/mol. The third kappa shape index (κ3) is 3.10. The molecule has 0 radical (unpaired) electrons. The second-order valence-electron chi connectivity index (χ2n) is 2.41. The molecule has 0 aromatic rings. The van der Waals surface area contributed by atoms with Crippen LogP contribution in [0.2, 0.25) is 0 Å². The van der Waals surface area contributed by atoms with Crippen molar-refractivity contribution in [3.63, 3.8) is 0 Å². The molecule has 0 aromatic carbocycles. The van der Waals surface area contributed by atoms with Crippen LogP contribution >= 0.6 is 0 Å². The fourth-order valence-electron chi connectivity index (χ4n) is 0.650. The molecule has 1 atom stereocenters. The number of rotatable bonds is 3. The minimum absolute atomic E-state index is 0.0231. The SMILES string of the molecule is CCNC(C#N)C(C)C. The molecule has 0 bridgehead atoms. The molecular formula is C7H14N2. The van der Waals surface area contributed by atoms with Crippen LogP contribution in [0.4, 0.5) is 0 Å². The minimum Gasteiger partial charge on any atom is -0.302 e. The molecule has 0 heterocycles. The van der Waals surface area contributed by atoms with Crippen molar-refractivity contribution in [1.29, 1.82) is 5.26 Å². The van der Waals surface area contributed by atoms with E-state index in [1.54, 1.807) is 0 Å². The summed E-state index contributed by atoms with van der Waals surface area (Å²) >= 11 is 0. The van der Waals surface area contributed by atoms with Crippen molar-refractivity contribution in [3.05, 3.63) is 0 Å². The van der Waals surface area contributed by atoms with Gasteiger partial charge in [0.15, 0.2) is 0 Å². The maximum absolute atomic E-state index is 8.52. The summed E-state index contributed by atoms with van der Waals surface area (Å²) in [6, 6.07) is 2.21. The monoisotopic (exact) mass is 126 g/mol. The molecule has 0 aromatic heterocycles. The number of nitrogens with zero attached hydrogens (tertiary/aromatic N) is 1. The summed E-state index contributed by atoms with van der Waals surface area (Å²) in [6.07, 6.45) is 0. The van der Waals surface area contributed by atoms with Gasteiger partial charge in [-0.15, -0.1) is 0 Å².